The molecule has 0 saturated carbocycles. The van der Waals surface area contributed by atoms with Crippen LogP contribution in [0.1, 0.15) is 31.9 Å². The Bertz CT molecular complexity index is 408. The quantitative estimate of drug-likeness (QED) is 0.891. The van der Waals surface area contributed by atoms with E-state index in [1.54, 1.807) is 0 Å². The summed E-state index contributed by atoms with van der Waals surface area (Å²) >= 11 is 5.90. The molecule has 3 nitrogen and oxygen atoms in total. The lowest BCUT2D eigenvalue weighted by Gasteiger charge is -2.35. The summed E-state index contributed by atoms with van der Waals surface area (Å²) in [5.41, 5.74) is 7.21. The smallest absolute Gasteiger partial charge is 0.0638 e. The number of hydrogen-bond acceptors (Lipinski definition) is 3. The van der Waals surface area contributed by atoms with E-state index in [1.165, 1.54) is 0 Å². The van der Waals surface area contributed by atoms with Crippen molar-refractivity contribution in [1.29, 1.82) is 5.26 Å². The highest BCUT2D eigenvalue weighted by molar-refractivity contribution is 6.30. The maximum atomic E-state index is 8.79. The number of nitrogens with two attached hydrogens (primary N) is 1. The lowest BCUT2D eigenvalue weighted by atomic mass is 9.98. The van der Waals surface area contributed by atoms with Gasteiger partial charge >= 0.3 is 0 Å². The molecule has 1 aromatic carbocycles. The summed E-state index contributed by atoms with van der Waals surface area (Å²) in [6.07, 6.45) is 0.493. The van der Waals surface area contributed by atoms with Crippen LogP contribution in [0.4, 0.5) is 0 Å². The van der Waals surface area contributed by atoms with Gasteiger partial charge in [0, 0.05) is 23.1 Å². The molecule has 98 valence electrons. The Balaban J connectivity index is 2.96. The Kier molecular flexibility index (Phi) is 5.61. The molecule has 0 radical (unpaired) electrons. The Morgan fingerprint density at radius 3 is 2.33 bits per heavy atom. The molecule has 0 heterocycles. The van der Waals surface area contributed by atoms with Crippen LogP contribution >= 0.6 is 11.6 Å². The van der Waals surface area contributed by atoms with E-state index in [-0.39, 0.29) is 18.1 Å². The van der Waals surface area contributed by atoms with Gasteiger partial charge in [-0.15, -0.1) is 0 Å². The van der Waals surface area contributed by atoms with E-state index in [4.69, 9.17) is 22.6 Å². The molecule has 0 aliphatic carbocycles. The van der Waals surface area contributed by atoms with Crippen LogP contribution in [0.15, 0.2) is 24.3 Å². The third kappa shape index (κ3) is 3.71. The topological polar surface area (TPSA) is 53.0 Å². The van der Waals surface area contributed by atoms with Crippen LogP contribution in [0, 0.1) is 11.3 Å². The van der Waals surface area contributed by atoms with Gasteiger partial charge < -0.3 is 5.73 Å². The molecule has 2 N–H and O–H groups in total. The van der Waals surface area contributed by atoms with Gasteiger partial charge in [0.1, 0.15) is 0 Å². The van der Waals surface area contributed by atoms with Gasteiger partial charge in [0.15, 0.2) is 0 Å². The summed E-state index contributed by atoms with van der Waals surface area (Å²) in [6.45, 7) is 4.02. The normalized spacial score (nSPS) is 16.1. The van der Waals surface area contributed by atoms with Crippen molar-refractivity contribution in [3.05, 3.63) is 34.9 Å². The minimum absolute atomic E-state index is 0.0164. The largest absolute Gasteiger partial charge is 0.326 e. The van der Waals surface area contributed by atoms with Gasteiger partial charge in [0.2, 0.25) is 0 Å². The molecule has 3 unspecified atom stereocenters. The molecule has 1 aromatic rings. The van der Waals surface area contributed by atoms with E-state index >= 15 is 0 Å². The molecule has 1 rings (SSSR count). The summed E-state index contributed by atoms with van der Waals surface area (Å²) < 4.78 is 0. The second-order valence-corrected chi connectivity index (χ2v) is 5.17. The Hall–Kier alpha value is -1.08. The van der Waals surface area contributed by atoms with Gasteiger partial charge in [-0.1, -0.05) is 23.7 Å². The minimum Gasteiger partial charge on any atom is -0.326 e. The first-order valence-electron chi connectivity index (χ1n) is 6.07. The van der Waals surface area contributed by atoms with Gasteiger partial charge in [-0.05, 0) is 38.6 Å². The first-order chi connectivity index (χ1) is 8.47. The molecule has 0 bridgehead atoms. The predicted octanol–water partition coefficient (Wildman–Crippen LogP) is 2.96. The van der Waals surface area contributed by atoms with Crippen molar-refractivity contribution in [3.8, 4) is 6.07 Å². The molecular weight excluding hydrogens is 246 g/mol. The molecule has 18 heavy (non-hydrogen) atoms. The van der Waals surface area contributed by atoms with Crippen molar-refractivity contribution in [3.63, 3.8) is 0 Å². The molecular formula is C14H20ClN3. The lowest BCUT2D eigenvalue weighted by molar-refractivity contribution is 0.167. The molecule has 3 atom stereocenters. The third-order valence-corrected chi connectivity index (χ3v) is 3.48. The van der Waals surface area contributed by atoms with E-state index in [1.807, 2.05) is 45.2 Å². The number of nitriles is 1. The molecule has 0 spiro atoms. The molecule has 0 saturated heterocycles. The minimum atomic E-state index is -0.0164. The summed E-state index contributed by atoms with van der Waals surface area (Å²) in [5, 5.41) is 9.51. The van der Waals surface area contributed by atoms with Crippen LogP contribution in [0.3, 0.4) is 0 Å². The van der Waals surface area contributed by atoms with E-state index in [9.17, 15) is 0 Å². The molecule has 0 aromatic heterocycles. The SMILES string of the molecule is CC(N)C(c1ccc(Cl)cc1)N(C)C(C)CC#N. The standard InChI is InChI=1S/C14H20ClN3/c1-10(8-9-16)18(3)14(11(2)17)12-4-6-13(15)7-5-12/h4-7,10-11,14H,8,17H2,1-3H3. The van der Waals surface area contributed by atoms with Gasteiger partial charge in [0.05, 0.1) is 12.5 Å². The number of hydrogen-bond donors (Lipinski definition) is 1. The van der Waals surface area contributed by atoms with E-state index in [2.05, 4.69) is 11.0 Å². The van der Waals surface area contributed by atoms with E-state index < -0.39 is 0 Å². The predicted molar refractivity (Wildman–Crippen MR) is 75.3 cm³/mol. The van der Waals surface area contributed by atoms with Crippen molar-refractivity contribution >= 4 is 11.6 Å². The molecule has 0 amide bonds. The zero-order valence-electron chi connectivity index (χ0n) is 11.1. The van der Waals surface area contributed by atoms with Gasteiger partial charge in [-0.3, -0.25) is 4.90 Å². The zero-order chi connectivity index (χ0) is 13.7. The molecule has 0 aliphatic heterocycles. The average Bonchev–Trinajstić information content (AvgIpc) is 2.31. The highest BCUT2D eigenvalue weighted by atomic mass is 35.5. The Morgan fingerprint density at radius 2 is 1.89 bits per heavy atom. The van der Waals surface area contributed by atoms with Crippen LogP contribution in [0.25, 0.3) is 0 Å². The zero-order valence-corrected chi connectivity index (χ0v) is 11.9. The maximum absolute atomic E-state index is 8.79. The van der Waals surface area contributed by atoms with Crippen LogP contribution < -0.4 is 5.73 Å². The monoisotopic (exact) mass is 265 g/mol. The van der Waals surface area contributed by atoms with Gasteiger partial charge in [-0.25, -0.2) is 0 Å². The van der Waals surface area contributed by atoms with Crippen molar-refractivity contribution in [2.75, 3.05) is 7.05 Å². The third-order valence-electron chi connectivity index (χ3n) is 3.23. The average molecular weight is 266 g/mol. The van der Waals surface area contributed by atoms with Crippen LogP contribution in [-0.4, -0.2) is 24.0 Å². The van der Waals surface area contributed by atoms with Crippen molar-refractivity contribution in [2.24, 2.45) is 5.73 Å². The number of rotatable bonds is 5. The van der Waals surface area contributed by atoms with Crippen LogP contribution in [0.2, 0.25) is 5.02 Å². The number of nitrogens with zero attached hydrogens (tertiary/aromatic N) is 2. The van der Waals surface area contributed by atoms with Gasteiger partial charge in [-0.2, -0.15) is 5.26 Å². The molecule has 0 aliphatic rings. The lowest BCUT2D eigenvalue weighted by Crippen LogP contribution is -2.41. The molecule has 4 heteroatoms. The second-order valence-electron chi connectivity index (χ2n) is 4.73. The molecule has 0 fully saturated rings. The number of likely N-dealkylation sites (N-methyl/N-ethyl adjacent to an activating group) is 1. The number of halogens is 1. The fourth-order valence-electron chi connectivity index (χ4n) is 2.12. The maximum Gasteiger partial charge on any atom is 0.0638 e. The summed E-state index contributed by atoms with van der Waals surface area (Å²) in [6, 6.07) is 10.2. The first kappa shape index (κ1) is 15.0. The Morgan fingerprint density at radius 1 is 1.33 bits per heavy atom. The fourth-order valence-corrected chi connectivity index (χ4v) is 2.25. The Labute approximate surface area is 114 Å². The van der Waals surface area contributed by atoms with E-state index in [0.29, 0.717) is 6.42 Å². The fraction of sp³-hybridized carbons (Fsp3) is 0.500. The van der Waals surface area contributed by atoms with Gasteiger partial charge in [0.25, 0.3) is 0 Å². The van der Waals surface area contributed by atoms with Crippen molar-refractivity contribution in [1.82, 2.24) is 4.90 Å². The van der Waals surface area contributed by atoms with E-state index in [0.717, 1.165) is 10.6 Å². The first-order valence-corrected chi connectivity index (χ1v) is 6.45. The number of benzene rings is 1. The summed E-state index contributed by atoms with van der Waals surface area (Å²) in [4.78, 5) is 2.15. The van der Waals surface area contributed by atoms with Crippen LogP contribution in [-0.2, 0) is 0 Å². The highest BCUT2D eigenvalue weighted by Crippen LogP contribution is 2.26. The summed E-state index contributed by atoms with van der Waals surface area (Å²) in [7, 11) is 2.00. The van der Waals surface area contributed by atoms with Crippen molar-refractivity contribution in [2.45, 2.75) is 38.4 Å². The van der Waals surface area contributed by atoms with Crippen LogP contribution in [0.5, 0.6) is 0 Å². The summed E-state index contributed by atoms with van der Waals surface area (Å²) in [5.74, 6) is 0. The highest BCUT2D eigenvalue weighted by Gasteiger charge is 2.24. The second kappa shape index (κ2) is 6.75. The van der Waals surface area contributed by atoms with Crippen molar-refractivity contribution < 1.29 is 0 Å².